The Morgan fingerprint density at radius 1 is 1.32 bits per heavy atom. The molecule has 1 aliphatic heterocycles. The van der Waals surface area contributed by atoms with Gasteiger partial charge in [0.1, 0.15) is 5.82 Å². The minimum atomic E-state index is 0.686. The van der Waals surface area contributed by atoms with Gasteiger partial charge in [-0.2, -0.15) is 16.9 Å². The van der Waals surface area contributed by atoms with Gasteiger partial charge in [-0.25, -0.2) is 4.98 Å². The highest BCUT2D eigenvalue weighted by molar-refractivity contribution is 7.98. The molecule has 3 heterocycles. The van der Waals surface area contributed by atoms with E-state index in [4.69, 9.17) is 0 Å². The number of anilines is 1. The van der Waals surface area contributed by atoms with E-state index in [1.54, 1.807) is 18.6 Å². The molecule has 0 amide bonds. The predicted molar refractivity (Wildman–Crippen MR) is 89.9 cm³/mol. The fourth-order valence-corrected chi connectivity index (χ4v) is 3.08. The van der Waals surface area contributed by atoms with Crippen LogP contribution in [0, 0.1) is 0 Å². The van der Waals surface area contributed by atoms with Gasteiger partial charge in [-0.3, -0.25) is 14.6 Å². The Kier molecular flexibility index (Phi) is 5.29. The highest BCUT2D eigenvalue weighted by Crippen LogP contribution is 2.15. The molecule has 3 rings (SSSR count). The average molecular weight is 318 g/mol. The molecule has 0 saturated carbocycles. The lowest BCUT2D eigenvalue weighted by atomic mass is 10.2. The van der Waals surface area contributed by atoms with Crippen LogP contribution in [-0.4, -0.2) is 49.7 Å². The summed E-state index contributed by atoms with van der Waals surface area (Å²) in [5.74, 6) is 2.02. The van der Waals surface area contributed by atoms with E-state index < -0.39 is 0 Å². The van der Waals surface area contributed by atoms with Crippen molar-refractivity contribution >= 4 is 17.6 Å². The maximum Gasteiger partial charge on any atom is 0.144 e. The van der Waals surface area contributed by atoms with E-state index in [1.807, 2.05) is 11.8 Å². The molecular weight excluding hydrogens is 296 g/mol. The van der Waals surface area contributed by atoms with Crippen LogP contribution < -0.4 is 5.32 Å². The van der Waals surface area contributed by atoms with Gasteiger partial charge in [0.15, 0.2) is 0 Å². The third kappa shape index (κ3) is 3.98. The van der Waals surface area contributed by atoms with E-state index in [9.17, 15) is 0 Å². The Morgan fingerprint density at radius 3 is 3.09 bits per heavy atom. The largest absolute Gasteiger partial charge is 0.363 e. The topological polar surface area (TPSA) is 58.9 Å². The van der Waals surface area contributed by atoms with Crippen molar-refractivity contribution in [2.45, 2.75) is 26.1 Å². The number of rotatable bonds is 7. The molecule has 0 aromatic carbocycles. The van der Waals surface area contributed by atoms with Crippen molar-refractivity contribution in [3.63, 3.8) is 0 Å². The van der Waals surface area contributed by atoms with Crippen molar-refractivity contribution < 1.29 is 0 Å². The standard InChI is InChI=1S/C15H22N6S/c1-22-8-2-5-20-6-7-21-14(12-20)9-13(19-21)10-18-15-11-16-3-4-17-15/h3-4,9,11H,2,5-8,10,12H2,1H3,(H,17,18). The van der Waals surface area contributed by atoms with Crippen LogP contribution in [0.3, 0.4) is 0 Å². The van der Waals surface area contributed by atoms with Gasteiger partial charge in [-0.05, 0) is 31.0 Å². The quantitative estimate of drug-likeness (QED) is 0.786. The van der Waals surface area contributed by atoms with Crippen molar-refractivity contribution in [2.24, 2.45) is 0 Å². The molecule has 1 N–H and O–H groups in total. The summed E-state index contributed by atoms with van der Waals surface area (Å²) in [7, 11) is 0. The van der Waals surface area contributed by atoms with Crippen molar-refractivity contribution in [2.75, 3.05) is 30.4 Å². The second-order valence-corrected chi connectivity index (χ2v) is 6.40. The zero-order valence-corrected chi connectivity index (χ0v) is 13.7. The van der Waals surface area contributed by atoms with Gasteiger partial charge in [-0.1, -0.05) is 0 Å². The summed E-state index contributed by atoms with van der Waals surface area (Å²) in [6.07, 6.45) is 8.51. The van der Waals surface area contributed by atoms with Crippen LogP contribution in [0.4, 0.5) is 5.82 Å². The molecule has 0 saturated heterocycles. The van der Waals surface area contributed by atoms with Crippen LogP contribution in [-0.2, 0) is 19.6 Å². The number of hydrogen-bond donors (Lipinski definition) is 1. The molecular formula is C15H22N6S. The van der Waals surface area contributed by atoms with Crippen LogP contribution in [0.1, 0.15) is 17.8 Å². The van der Waals surface area contributed by atoms with Crippen LogP contribution >= 0.6 is 11.8 Å². The van der Waals surface area contributed by atoms with Gasteiger partial charge in [0.05, 0.1) is 30.7 Å². The van der Waals surface area contributed by atoms with E-state index >= 15 is 0 Å². The summed E-state index contributed by atoms with van der Waals surface area (Å²) in [6, 6.07) is 2.20. The lowest BCUT2D eigenvalue weighted by molar-refractivity contribution is 0.214. The zero-order valence-electron chi connectivity index (χ0n) is 12.9. The van der Waals surface area contributed by atoms with Crippen LogP contribution in [0.25, 0.3) is 0 Å². The Bertz CT molecular complexity index is 585. The van der Waals surface area contributed by atoms with Crippen molar-refractivity contribution in [1.29, 1.82) is 0 Å². The fraction of sp³-hybridized carbons (Fsp3) is 0.533. The zero-order chi connectivity index (χ0) is 15.2. The van der Waals surface area contributed by atoms with Crippen molar-refractivity contribution in [3.8, 4) is 0 Å². The van der Waals surface area contributed by atoms with Gasteiger partial charge in [0.2, 0.25) is 0 Å². The summed E-state index contributed by atoms with van der Waals surface area (Å²) < 4.78 is 2.14. The summed E-state index contributed by atoms with van der Waals surface area (Å²) in [5.41, 5.74) is 2.37. The molecule has 118 valence electrons. The molecule has 0 aliphatic carbocycles. The Morgan fingerprint density at radius 2 is 2.27 bits per heavy atom. The lowest BCUT2D eigenvalue weighted by Crippen LogP contribution is -2.34. The molecule has 1 aliphatic rings. The molecule has 0 atom stereocenters. The SMILES string of the molecule is CSCCCN1CCn2nc(CNc3cnccn3)cc2C1. The molecule has 22 heavy (non-hydrogen) atoms. The average Bonchev–Trinajstić information content (AvgIpc) is 2.96. The maximum atomic E-state index is 4.67. The number of aromatic nitrogens is 4. The Hall–Kier alpha value is -1.60. The minimum Gasteiger partial charge on any atom is -0.363 e. The van der Waals surface area contributed by atoms with Crippen molar-refractivity contribution in [1.82, 2.24) is 24.6 Å². The molecule has 6 nitrogen and oxygen atoms in total. The van der Waals surface area contributed by atoms with E-state index in [0.29, 0.717) is 6.54 Å². The first kappa shape index (κ1) is 15.3. The second kappa shape index (κ2) is 7.60. The van der Waals surface area contributed by atoms with Gasteiger partial charge in [0, 0.05) is 25.5 Å². The normalized spacial score (nSPS) is 14.8. The van der Waals surface area contributed by atoms with Crippen molar-refractivity contribution in [3.05, 3.63) is 36.0 Å². The smallest absolute Gasteiger partial charge is 0.144 e. The molecule has 0 bridgehead atoms. The number of nitrogens with zero attached hydrogens (tertiary/aromatic N) is 5. The third-order valence-corrected chi connectivity index (χ3v) is 4.46. The van der Waals surface area contributed by atoms with Gasteiger partial charge in [0.25, 0.3) is 0 Å². The second-order valence-electron chi connectivity index (χ2n) is 5.42. The van der Waals surface area contributed by atoms with E-state index in [2.05, 4.69) is 42.3 Å². The fourth-order valence-electron chi connectivity index (χ4n) is 2.66. The van der Waals surface area contributed by atoms with Crippen LogP contribution in [0.5, 0.6) is 0 Å². The number of nitrogens with one attached hydrogen (secondary N) is 1. The van der Waals surface area contributed by atoms with E-state index in [0.717, 1.165) is 31.1 Å². The van der Waals surface area contributed by atoms with Gasteiger partial charge < -0.3 is 5.32 Å². The number of thioether (sulfide) groups is 1. The molecule has 2 aromatic rings. The summed E-state index contributed by atoms with van der Waals surface area (Å²) in [4.78, 5) is 10.8. The molecule has 0 spiro atoms. The minimum absolute atomic E-state index is 0.686. The number of hydrogen-bond acceptors (Lipinski definition) is 6. The first-order chi connectivity index (χ1) is 10.8. The highest BCUT2D eigenvalue weighted by atomic mass is 32.2. The predicted octanol–water partition coefficient (Wildman–Crippen LogP) is 1.85. The maximum absolute atomic E-state index is 4.67. The lowest BCUT2D eigenvalue weighted by Gasteiger charge is -2.27. The Balaban J connectivity index is 1.54. The molecule has 0 radical (unpaired) electrons. The molecule has 7 heteroatoms. The van der Waals surface area contributed by atoms with Crippen LogP contribution in [0.15, 0.2) is 24.7 Å². The summed E-state index contributed by atoms with van der Waals surface area (Å²) in [6.45, 7) is 4.96. The van der Waals surface area contributed by atoms with E-state index in [-0.39, 0.29) is 0 Å². The first-order valence-corrected chi connectivity index (χ1v) is 9.01. The Labute approximate surface area is 135 Å². The van der Waals surface area contributed by atoms with E-state index in [1.165, 1.54) is 24.4 Å². The number of fused-ring (bicyclic) bond motifs is 1. The highest BCUT2D eigenvalue weighted by Gasteiger charge is 2.17. The summed E-state index contributed by atoms with van der Waals surface area (Å²) >= 11 is 1.92. The third-order valence-electron chi connectivity index (χ3n) is 3.76. The first-order valence-electron chi connectivity index (χ1n) is 7.62. The monoisotopic (exact) mass is 318 g/mol. The molecule has 2 aromatic heterocycles. The van der Waals surface area contributed by atoms with Gasteiger partial charge in [-0.15, -0.1) is 0 Å². The molecule has 0 unspecified atom stereocenters. The van der Waals surface area contributed by atoms with Crippen LogP contribution in [0.2, 0.25) is 0 Å². The van der Waals surface area contributed by atoms with Gasteiger partial charge >= 0.3 is 0 Å². The molecule has 0 fully saturated rings. The summed E-state index contributed by atoms with van der Waals surface area (Å²) in [5, 5.41) is 7.93.